The zero-order chi connectivity index (χ0) is 16.4. The lowest BCUT2D eigenvalue weighted by Gasteiger charge is -2.33. The Morgan fingerprint density at radius 3 is 2.57 bits per heavy atom. The predicted molar refractivity (Wildman–Crippen MR) is 89.0 cm³/mol. The van der Waals surface area contributed by atoms with Gasteiger partial charge in [-0.25, -0.2) is 0 Å². The second kappa shape index (κ2) is 6.30. The summed E-state index contributed by atoms with van der Waals surface area (Å²) in [4.78, 5) is 25.8. The fourth-order valence-corrected chi connectivity index (χ4v) is 2.55. The van der Waals surface area contributed by atoms with Crippen LogP contribution in [0.1, 0.15) is 6.92 Å². The number of benzene rings is 2. The molecule has 6 heteroatoms. The highest BCUT2D eigenvalue weighted by Crippen LogP contribution is 2.33. The van der Waals surface area contributed by atoms with E-state index >= 15 is 0 Å². The number of rotatable bonds is 2. The number of halogens is 1. The number of nitrogens with zero attached hydrogens (tertiary/aromatic N) is 1. The first-order valence-corrected chi connectivity index (χ1v) is 7.52. The maximum Gasteiger partial charge on any atom is 0.267 e. The molecule has 0 saturated carbocycles. The van der Waals surface area contributed by atoms with Crippen molar-refractivity contribution in [1.29, 1.82) is 0 Å². The standard InChI is InChI=1S/C17H15ClN2O3/c1-11(21)20-10-16(23-15-5-3-2-4-14(15)20)17(22)19-13-8-6-12(18)7-9-13/h2-9,16H,10H2,1H3,(H,19,22)/t16-/m0/s1. The Hall–Kier alpha value is -2.53. The van der Waals surface area contributed by atoms with Gasteiger partial charge in [-0.2, -0.15) is 0 Å². The fourth-order valence-electron chi connectivity index (χ4n) is 2.43. The van der Waals surface area contributed by atoms with Crippen molar-refractivity contribution in [3.63, 3.8) is 0 Å². The predicted octanol–water partition coefficient (Wildman–Crippen LogP) is 3.09. The highest BCUT2D eigenvalue weighted by atomic mass is 35.5. The molecule has 1 N–H and O–H groups in total. The summed E-state index contributed by atoms with van der Waals surface area (Å²) in [6, 6.07) is 14.0. The Labute approximate surface area is 138 Å². The van der Waals surface area contributed by atoms with Crippen LogP contribution in [-0.2, 0) is 9.59 Å². The quantitative estimate of drug-likeness (QED) is 0.920. The fraction of sp³-hybridized carbons (Fsp3) is 0.176. The number of para-hydroxylation sites is 2. The van der Waals surface area contributed by atoms with Gasteiger partial charge in [-0.05, 0) is 36.4 Å². The van der Waals surface area contributed by atoms with Crippen molar-refractivity contribution in [2.45, 2.75) is 13.0 Å². The number of carbonyl (C=O) groups excluding carboxylic acids is 2. The SMILES string of the molecule is CC(=O)N1C[C@@H](C(=O)Nc2ccc(Cl)cc2)Oc2ccccc21. The van der Waals surface area contributed by atoms with Gasteiger partial charge in [0.15, 0.2) is 6.10 Å². The first-order valence-electron chi connectivity index (χ1n) is 7.15. The van der Waals surface area contributed by atoms with Gasteiger partial charge in [0.05, 0.1) is 12.2 Å². The number of hydrogen-bond acceptors (Lipinski definition) is 3. The van der Waals surface area contributed by atoms with E-state index in [1.807, 2.05) is 6.07 Å². The van der Waals surface area contributed by atoms with Crippen LogP contribution in [0.3, 0.4) is 0 Å². The molecule has 1 aliphatic rings. The highest BCUT2D eigenvalue weighted by molar-refractivity contribution is 6.30. The monoisotopic (exact) mass is 330 g/mol. The molecule has 0 spiro atoms. The highest BCUT2D eigenvalue weighted by Gasteiger charge is 2.32. The van der Waals surface area contributed by atoms with Crippen LogP contribution < -0.4 is 15.0 Å². The Bertz CT molecular complexity index is 746. The van der Waals surface area contributed by atoms with Crippen molar-refractivity contribution < 1.29 is 14.3 Å². The topological polar surface area (TPSA) is 58.6 Å². The number of ether oxygens (including phenoxy) is 1. The Morgan fingerprint density at radius 1 is 1.17 bits per heavy atom. The molecule has 1 aliphatic heterocycles. The summed E-state index contributed by atoms with van der Waals surface area (Å²) < 4.78 is 5.74. The molecule has 2 amide bonds. The molecule has 0 radical (unpaired) electrons. The van der Waals surface area contributed by atoms with Crippen LogP contribution in [0.25, 0.3) is 0 Å². The summed E-state index contributed by atoms with van der Waals surface area (Å²) in [5.41, 5.74) is 1.30. The van der Waals surface area contributed by atoms with Gasteiger partial charge in [0.25, 0.3) is 5.91 Å². The Morgan fingerprint density at radius 2 is 1.87 bits per heavy atom. The average molecular weight is 331 g/mol. The Kier molecular flexibility index (Phi) is 4.21. The van der Waals surface area contributed by atoms with E-state index in [4.69, 9.17) is 16.3 Å². The summed E-state index contributed by atoms with van der Waals surface area (Å²) in [5.74, 6) is 0.0725. The van der Waals surface area contributed by atoms with E-state index in [1.165, 1.54) is 6.92 Å². The van der Waals surface area contributed by atoms with E-state index in [1.54, 1.807) is 47.4 Å². The number of carbonyl (C=O) groups is 2. The molecule has 0 aliphatic carbocycles. The molecule has 0 fully saturated rings. The van der Waals surface area contributed by atoms with Gasteiger partial charge < -0.3 is 15.0 Å². The van der Waals surface area contributed by atoms with Crippen molar-refractivity contribution in [2.75, 3.05) is 16.8 Å². The van der Waals surface area contributed by atoms with Crippen LogP contribution in [0, 0.1) is 0 Å². The van der Waals surface area contributed by atoms with E-state index in [-0.39, 0.29) is 18.4 Å². The molecule has 2 aromatic rings. The van der Waals surface area contributed by atoms with Crippen LogP contribution in [0.2, 0.25) is 5.02 Å². The maximum atomic E-state index is 12.4. The summed E-state index contributed by atoms with van der Waals surface area (Å²) in [7, 11) is 0. The smallest absolute Gasteiger partial charge is 0.267 e. The number of amides is 2. The third-order valence-corrected chi connectivity index (χ3v) is 3.81. The van der Waals surface area contributed by atoms with Crippen LogP contribution in [-0.4, -0.2) is 24.5 Å². The lowest BCUT2D eigenvalue weighted by atomic mass is 10.1. The molecular weight excluding hydrogens is 316 g/mol. The zero-order valence-corrected chi connectivity index (χ0v) is 13.2. The molecule has 23 heavy (non-hydrogen) atoms. The van der Waals surface area contributed by atoms with Crippen LogP contribution in [0.4, 0.5) is 11.4 Å². The van der Waals surface area contributed by atoms with Gasteiger partial charge in [0.1, 0.15) is 5.75 Å². The molecule has 0 bridgehead atoms. The van der Waals surface area contributed by atoms with Gasteiger partial charge in [-0.3, -0.25) is 9.59 Å². The largest absolute Gasteiger partial charge is 0.476 e. The first kappa shape index (κ1) is 15.4. The molecule has 3 rings (SSSR count). The summed E-state index contributed by atoms with van der Waals surface area (Å²) in [6.07, 6.45) is -0.774. The van der Waals surface area contributed by atoms with Gasteiger partial charge in [0, 0.05) is 17.6 Å². The van der Waals surface area contributed by atoms with E-state index in [0.29, 0.717) is 22.1 Å². The zero-order valence-electron chi connectivity index (χ0n) is 12.5. The maximum absolute atomic E-state index is 12.4. The molecule has 1 atom stereocenters. The van der Waals surface area contributed by atoms with Crippen molar-refractivity contribution in [1.82, 2.24) is 0 Å². The molecule has 1 heterocycles. The van der Waals surface area contributed by atoms with E-state index in [2.05, 4.69) is 5.32 Å². The van der Waals surface area contributed by atoms with E-state index < -0.39 is 6.10 Å². The number of hydrogen-bond donors (Lipinski definition) is 1. The molecular formula is C17H15ClN2O3. The molecule has 0 saturated heterocycles. The molecule has 0 aromatic heterocycles. The van der Waals surface area contributed by atoms with Crippen molar-refractivity contribution in [3.05, 3.63) is 53.6 Å². The summed E-state index contributed by atoms with van der Waals surface area (Å²) in [6.45, 7) is 1.64. The van der Waals surface area contributed by atoms with Gasteiger partial charge >= 0.3 is 0 Å². The molecule has 118 valence electrons. The molecule has 0 unspecified atom stereocenters. The third-order valence-electron chi connectivity index (χ3n) is 3.56. The normalized spacial score (nSPS) is 16.3. The third kappa shape index (κ3) is 3.29. The lowest BCUT2D eigenvalue weighted by Crippen LogP contribution is -2.48. The lowest BCUT2D eigenvalue weighted by molar-refractivity contribution is -0.123. The van der Waals surface area contributed by atoms with Gasteiger partial charge in [0.2, 0.25) is 5.91 Å². The van der Waals surface area contributed by atoms with Gasteiger partial charge in [-0.1, -0.05) is 23.7 Å². The summed E-state index contributed by atoms with van der Waals surface area (Å²) in [5, 5.41) is 3.36. The van der Waals surface area contributed by atoms with Crippen molar-refractivity contribution in [3.8, 4) is 5.75 Å². The second-order valence-corrected chi connectivity index (χ2v) is 5.64. The average Bonchev–Trinajstić information content (AvgIpc) is 2.55. The molecule has 2 aromatic carbocycles. The van der Waals surface area contributed by atoms with Gasteiger partial charge in [-0.15, -0.1) is 0 Å². The van der Waals surface area contributed by atoms with Crippen molar-refractivity contribution in [2.24, 2.45) is 0 Å². The Balaban J connectivity index is 1.79. The van der Waals surface area contributed by atoms with Crippen LogP contribution in [0.15, 0.2) is 48.5 Å². The minimum Gasteiger partial charge on any atom is -0.476 e. The van der Waals surface area contributed by atoms with E-state index in [9.17, 15) is 9.59 Å². The number of fused-ring (bicyclic) bond motifs is 1. The van der Waals surface area contributed by atoms with Crippen LogP contribution in [0.5, 0.6) is 5.75 Å². The minimum atomic E-state index is -0.774. The number of anilines is 2. The summed E-state index contributed by atoms with van der Waals surface area (Å²) >= 11 is 5.83. The molecule has 5 nitrogen and oxygen atoms in total. The van der Waals surface area contributed by atoms with E-state index in [0.717, 1.165) is 0 Å². The van der Waals surface area contributed by atoms with Crippen molar-refractivity contribution >= 4 is 34.8 Å². The minimum absolute atomic E-state index is 0.134. The second-order valence-electron chi connectivity index (χ2n) is 5.20. The number of nitrogens with one attached hydrogen (secondary N) is 1. The van der Waals surface area contributed by atoms with Crippen LogP contribution >= 0.6 is 11.6 Å². The first-order chi connectivity index (χ1) is 11.0.